The summed E-state index contributed by atoms with van der Waals surface area (Å²) >= 11 is 0. The van der Waals surface area contributed by atoms with Crippen molar-refractivity contribution in [3.05, 3.63) is 71.0 Å². The van der Waals surface area contributed by atoms with Gasteiger partial charge in [0.2, 0.25) is 5.91 Å². The van der Waals surface area contributed by atoms with Gasteiger partial charge in [0.1, 0.15) is 5.82 Å². The third-order valence-corrected chi connectivity index (χ3v) is 3.87. The topological polar surface area (TPSA) is 46.2 Å². The number of hydrogen-bond acceptors (Lipinski definition) is 2. The molecule has 1 unspecified atom stereocenters. The van der Waals surface area contributed by atoms with E-state index in [0.29, 0.717) is 11.1 Å². The van der Waals surface area contributed by atoms with Crippen LogP contribution in [0.3, 0.4) is 0 Å². The van der Waals surface area contributed by atoms with Crippen LogP contribution >= 0.6 is 0 Å². The van der Waals surface area contributed by atoms with Gasteiger partial charge in [-0.1, -0.05) is 43.9 Å². The fraction of sp³-hybridized carbons (Fsp3) is 0.238. The Morgan fingerprint density at radius 3 is 2.40 bits per heavy atom. The molecule has 1 N–H and O–H groups in total. The van der Waals surface area contributed by atoms with Gasteiger partial charge in [0, 0.05) is 22.6 Å². The second-order valence-corrected chi connectivity index (χ2v) is 5.79. The molecule has 1 atom stereocenters. The van der Waals surface area contributed by atoms with Gasteiger partial charge in [-0.25, -0.2) is 4.39 Å². The molecule has 0 radical (unpaired) electrons. The molecule has 128 valence electrons. The average molecular weight is 337 g/mol. The van der Waals surface area contributed by atoms with Gasteiger partial charge < -0.3 is 5.32 Å². The monoisotopic (exact) mass is 337 g/mol. The quantitative estimate of drug-likeness (QED) is 0.670. The highest BCUT2D eigenvalue weighted by molar-refractivity contribution is 5.99. The van der Waals surface area contributed by atoms with Crippen molar-refractivity contribution in [2.75, 3.05) is 6.54 Å². The maximum atomic E-state index is 13.1. The number of benzene rings is 2. The number of ketones is 1. The summed E-state index contributed by atoms with van der Waals surface area (Å²) in [5.41, 5.74) is 1.83. The predicted octanol–water partition coefficient (Wildman–Crippen LogP) is 3.57. The Balaban J connectivity index is 1.98. The number of halogens is 1. The molecule has 0 fully saturated rings. The van der Waals surface area contributed by atoms with Crippen LogP contribution in [-0.2, 0) is 4.79 Å². The van der Waals surface area contributed by atoms with Gasteiger partial charge >= 0.3 is 0 Å². The standard InChI is InChI=1S/C21H20FNO2/c1-3-15(2)21(25)23-14-20(24)18-11-9-16(10-12-18)7-8-17-5-4-6-19(22)13-17/h4-6,9-13,15H,3,14H2,1-2H3,(H,23,25). The molecular weight excluding hydrogens is 317 g/mol. The van der Waals surface area contributed by atoms with Crippen LogP contribution in [-0.4, -0.2) is 18.2 Å². The van der Waals surface area contributed by atoms with Crippen molar-refractivity contribution in [1.82, 2.24) is 5.32 Å². The van der Waals surface area contributed by atoms with Crippen LogP contribution in [0.15, 0.2) is 48.5 Å². The van der Waals surface area contributed by atoms with Crippen molar-refractivity contribution in [3.63, 3.8) is 0 Å². The van der Waals surface area contributed by atoms with Gasteiger partial charge in [0.25, 0.3) is 0 Å². The Morgan fingerprint density at radius 1 is 1.08 bits per heavy atom. The molecule has 1 amide bonds. The maximum Gasteiger partial charge on any atom is 0.223 e. The van der Waals surface area contributed by atoms with E-state index in [1.807, 2.05) is 13.8 Å². The molecule has 0 aliphatic heterocycles. The maximum absolute atomic E-state index is 13.1. The molecule has 4 heteroatoms. The molecule has 3 nitrogen and oxygen atoms in total. The zero-order valence-corrected chi connectivity index (χ0v) is 14.3. The highest BCUT2D eigenvalue weighted by Gasteiger charge is 2.12. The first-order chi connectivity index (χ1) is 12.0. The van der Waals surface area contributed by atoms with Gasteiger partial charge in [-0.2, -0.15) is 0 Å². The molecule has 0 spiro atoms. The van der Waals surface area contributed by atoms with Crippen molar-refractivity contribution in [1.29, 1.82) is 0 Å². The van der Waals surface area contributed by atoms with Crippen LogP contribution in [0.4, 0.5) is 4.39 Å². The Morgan fingerprint density at radius 2 is 1.76 bits per heavy atom. The summed E-state index contributed by atoms with van der Waals surface area (Å²) < 4.78 is 13.1. The lowest BCUT2D eigenvalue weighted by atomic mass is 10.1. The van der Waals surface area contributed by atoms with Crippen LogP contribution in [0.25, 0.3) is 0 Å². The lowest BCUT2D eigenvalue weighted by Crippen LogP contribution is -2.33. The van der Waals surface area contributed by atoms with Crippen LogP contribution < -0.4 is 5.32 Å². The molecule has 0 saturated heterocycles. The summed E-state index contributed by atoms with van der Waals surface area (Å²) in [7, 11) is 0. The smallest absolute Gasteiger partial charge is 0.223 e. The van der Waals surface area contributed by atoms with E-state index in [1.54, 1.807) is 36.4 Å². The Hall–Kier alpha value is -2.93. The average Bonchev–Trinajstić information content (AvgIpc) is 2.64. The minimum Gasteiger partial charge on any atom is -0.348 e. The Labute approximate surface area is 147 Å². The normalized spacial score (nSPS) is 11.2. The van der Waals surface area contributed by atoms with E-state index in [4.69, 9.17) is 0 Å². The summed E-state index contributed by atoms with van der Waals surface area (Å²) in [6.07, 6.45) is 0.735. The van der Waals surface area contributed by atoms with Gasteiger partial charge in [-0.05, 0) is 36.8 Å². The summed E-state index contributed by atoms with van der Waals surface area (Å²) in [6, 6.07) is 12.9. The number of Topliss-reactive ketones (excluding diaryl/α,β-unsaturated/α-hetero) is 1. The van der Waals surface area contributed by atoms with E-state index in [2.05, 4.69) is 17.2 Å². The lowest BCUT2D eigenvalue weighted by molar-refractivity contribution is -0.124. The van der Waals surface area contributed by atoms with Crippen molar-refractivity contribution in [3.8, 4) is 11.8 Å². The molecule has 0 bridgehead atoms. The van der Waals surface area contributed by atoms with Crippen molar-refractivity contribution in [2.45, 2.75) is 20.3 Å². The molecule has 25 heavy (non-hydrogen) atoms. The zero-order valence-electron chi connectivity index (χ0n) is 14.3. The number of rotatable bonds is 5. The van der Waals surface area contributed by atoms with E-state index in [-0.39, 0.29) is 30.0 Å². The highest BCUT2D eigenvalue weighted by atomic mass is 19.1. The second kappa shape index (κ2) is 8.79. The van der Waals surface area contributed by atoms with Crippen molar-refractivity contribution in [2.24, 2.45) is 5.92 Å². The van der Waals surface area contributed by atoms with E-state index in [1.165, 1.54) is 12.1 Å². The van der Waals surface area contributed by atoms with E-state index in [9.17, 15) is 14.0 Å². The Kier molecular flexibility index (Phi) is 6.47. The minimum absolute atomic E-state index is 0.0164. The first kappa shape index (κ1) is 18.4. The number of nitrogens with one attached hydrogen (secondary N) is 1. The third-order valence-electron chi connectivity index (χ3n) is 3.87. The first-order valence-corrected chi connectivity index (χ1v) is 8.18. The SMILES string of the molecule is CCC(C)C(=O)NCC(=O)c1ccc(C#Cc2cccc(F)c2)cc1. The lowest BCUT2D eigenvalue weighted by Gasteiger charge is -2.09. The summed E-state index contributed by atoms with van der Waals surface area (Å²) in [6.45, 7) is 3.74. The van der Waals surface area contributed by atoms with Crippen LogP contribution in [0.5, 0.6) is 0 Å². The van der Waals surface area contributed by atoms with Crippen molar-refractivity contribution < 1.29 is 14.0 Å². The summed E-state index contributed by atoms with van der Waals surface area (Å²) in [5.74, 6) is 5.11. The van der Waals surface area contributed by atoms with Gasteiger partial charge in [0.15, 0.2) is 5.78 Å². The largest absolute Gasteiger partial charge is 0.348 e. The van der Waals surface area contributed by atoms with Gasteiger partial charge in [0.05, 0.1) is 6.54 Å². The van der Waals surface area contributed by atoms with Crippen molar-refractivity contribution >= 4 is 11.7 Å². The minimum atomic E-state index is -0.327. The summed E-state index contributed by atoms with van der Waals surface area (Å²) in [5, 5.41) is 2.65. The second-order valence-electron chi connectivity index (χ2n) is 5.79. The van der Waals surface area contributed by atoms with Gasteiger partial charge in [-0.3, -0.25) is 9.59 Å². The fourth-order valence-corrected chi connectivity index (χ4v) is 2.08. The number of amides is 1. The molecule has 0 heterocycles. The molecule has 2 aromatic carbocycles. The van der Waals surface area contributed by atoms with Crippen LogP contribution in [0.2, 0.25) is 0 Å². The summed E-state index contributed by atoms with van der Waals surface area (Å²) in [4.78, 5) is 23.8. The zero-order chi connectivity index (χ0) is 18.2. The third kappa shape index (κ3) is 5.58. The molecule has 2 aromatic rings. The van der Waals surface area contributed by atoms with E-state index >= 15 is 0 Å². The molecule has 0 aliphatic carbocycles. The van der Waals surface area contributed by atoms with E-state index in [0.717, 1.165) is 12.0 Å². The fourth-order valence-electron chi connectivity index (χ4n) is 2.08. The molecular formula is C21H20FNO2. The van der Waals surface area contributed by atoms with Crippen LogP contribution in [0.1, 0.15) is 41.8 Å². The number of carbonyl (C=O) groups excluding carboxylic acids is 2. The van der Waals surface area contributed by atoms with Crippen LogP contribution in [0, 0.1) is 23.6 Å². The molecule has 0 saturated carbocycles. The molecule has 0 aliphatic rings. The molecule has 2 rings (SSSR count). The predicted molar refractivity (Wildman–Crippen MR) is 95.6 cm³/mol. The van der Waals surface area contributed by atoms with E-state index < -0.39 is 0 Å². The highest BCUT2D eigenvalue weighted by Crippen LogP contribution is 2.06. The number of carbonyl (C=O) groups is 2. The number of hydrogen-bond donors (Lipinski definition) is 1. The first-order valence-electron chi connectivity index (χ1n) is 8.18. The van der Waals surface area contributed by atoms with Gasteiger partial charge in [-0.15, -0.1) is 0 Å². The Bertz CT molecular complexity index is 816. The molecule has 0 aromatic heterocycles.